The molecule has 1 atom stereocenters. The second-order valence-electron chi connectivity index (χ2n) is 6.67. The maximum atomic E-state index is 12.3. The Balaban J connectivity index is 1.75. The van der Waals surface area contributed by atoms with E-state index < -0.39 is 16.1 Å². The van der Waals surface area contributed by atoms with Crippen molar-refractivity contribution in [3.05, 3.63) is 0 Å². The van der Waals surface area contributed by atoms with Crippen molar-refractivity contribution in [3.8, 4) is 0 Å². The Hall–Kier alpha value is -0.620. The van der Waals surface area contributed by atoms with Gasteiger partial charge in [-0.25, -0.2) is 8.42 Å². The average molecular weight is 330 g/mol. The lowest BCUT2D eigenvalue weighted by Crippen LogP contribution is -2.46. The Labute approximate surface area is 134 Å². The van der Waals surface area contributed by atoms with Crippen LogP contribution in [0.5, 0.6) is 0 Å². The normalized spacial score (nSPS) is 24.0. The summed E-state index contributed by atoms with van der Waals surface area (Å²) in [6.07, 6.45) is 9.58. The van der Waals surface area contributed by atoms with Gasteiger partial charge in [0.2, 0.25) is 15.9 Å². The first-order valence-electron chi connectivity index (χ1n) is 8.82. The van der Waals surface area contributed by atoms with Gasteiger partial charge < -0.3 is 5.32 Å². The van der Waals surface area contributed by atoms with E-state index in [9.17, 15) is 13.2 Å². The molecule has 0 aromatic heterocycles. The molecule has 1 saturated heterocycles. The maximum absolute atomic E-state index is 12.3. The Morgan fingerprint density at radius 1 is 1.18 bits per heavy atom. The quantitative estimate of drug-likeness (QED) is 0.694. The first kappa shape index (κ1) is 17.7. The zero-order valence-corrected chi connectivity index (χ0v) is 14.5. The van der Waals surface area contributed by atoms with Crippen LogP contribution in [0, 0.1) is 5.92 Å². The van der Waals surface area contributed by atoms with Crippen molar-refractivity contribution in [1.82, 2.24) is 9.62 Å². The van der Waals surface area contributed by atoms with Crippen molar-refractivity contribution in [2.45, 2.75) is 70.8 Å². The summed E-state index contributed by atoms with van der Waals surface area (Å²) >= 11 is 0. The van der Waals surface area contributed by atoms with Crippen LogP contribution in [-0.2, 0) is 14.8 Å². The highest BCUT2D eigenvalue weighted by Crippen LogP contribution is 2.28. The number of carbonyl (C=O) groups excluding carboxylic acids is 1. The third-order valence-electron chi connectivity index (χ3n) is 4.89. The Bertz CT molecular complexity index is 458. The SMILES string of the molecule is CCCS(=O)(=O)N1CCCC1C(=O)NCCCC1CCCC1. The molecule has 128 valence electrons. The van der Waals surface area contributed by atoms with Crippen LogP contribution in [0.3, 0.4) is 0 Å². The summed E-state index contributed by atoms with van der Waals surface area (Å²) in [5, 5.41) is 2.95. The molecule has 1 heterocycles. The first-order chi connectivity index (χ1) is 10.5. The summed E-state index contributed by atoms with van der Waals surface area (Å²) in [4.78, 5) is 12.3. The van der Waals surface area contributed by atoms with E-state index in [2.05, 4.69) is 5.32 Å². The van der Waals surface area contributed by atoms with Gasteiger partial charge in [-0.2, -0.15) is 4.31 Å². The molecule has 0 aromatic carbocycles. The Kier molecular flexibility index (Phi) is 6.68. The van der Waals surface area contributed by atoms with Gasteiger partial charge >= 0.3 is 0 Å². The lowest BCUT2D eigenvalue weighted by Gasteiger charge is -2.23. The molecule has 22 heavy (non-hydrogen) atoms. The molecule has 0 aromatic rings. The van der Waals surface area contributed by atoms with Crippen LogP contribution in [0.1, 0.15) is 64.7 Å². The molecule has 1 N–H and O–H groups in total. The monoisotopic (exact) mass is 330 g/mol. The minimum absolute atomic E-state index is 0.108. The van der Waals surface area contributed by atoms with E-state index in [0.29, 0.717) is 25.9 Å². The predicted molar refractivity (Wildman–Crippen MR) is 88.0 cm³/mol. The second-order valence-corrected chi connectivity index (χ2v) is 8.71. The predicted octanol–water partition coefficient (Wildman–Crippen LogP) is 2.28. The van der Waals surface area contributed by atoms with Crippen molar-refractivity contribution < 1.29 is 13.2 Å². The van der Waals surface area contributed by atoms with Crippen LogP contribution in [0.4, 0.5) is 0 Å². The molecule has 1 saturated carbocycles. The van der Waals surface area contributed by atoms with E-state index in [1.165, 1.54) is 36.4 Å². The molecule has 2 fully saturated rings. The summed E-state index contributed by atoms with van der Waals surface area (Å²) in [5.41, 5.74) is 0. The van der Waals surface area contributed by atoms with E-state index in [1.54, 1.807) is 0 Å². The van der Waals surface area contributed by atoms with E-state index in [4.69, 9.17) is 0 Å². The van der Waals surface area contributed by atoms with Crippen molar-refractivity contribution >= 4 is 15.9 Å². The van der Waals surface area contributed by atoms with Gasteiger partial charge in [0.05, 0.1) is 5.75 Å². The van der Waals surface area contributed by atoms with Gasteiger partial charge in [-0.15, -0.1) is 0 Å². The molecule has 6 heteroatoms. The van der Waals surface area contributed by atoms with Crippen molar-refractivity contribution in [3.63, 3.8) is 0 Å². The molecule has 2 rings (SSSR count). The van der Waals surface area contributed by atoms with Crippen LogP contribution < -0.4 is 5.32 Å². The number of rotatable bonds is 8. The number of hydrogen-bond acceptors (Lipinski definition) is 3. The van der Waals surface area contributed by atoms with Crippen LogP contribution in [0.15, 0.2) is 0 Å². The number of nitrogens with one attached hydrogen (secondary N) is 1. The van der Waals surface area contributed by atoms with Gasteiger partial charge in [-0.05, 0) is 38.0 Å². The molecule has 0 bridgehead atoms. The van der Waals surface area contributed by atoms with Crippen LogP contribution >= 0.6 is 0 Å². The minimum atomic E-state index is -3.28. The van der Waals surface area contributed by atoms with E-state index in [0.717, 1.165) is 18.8 Å². The summed E-state index contributed by atoms with van der Waals surface area (Å²) in [6.45, 7) is 3.02. The average Bonchev–Trinajstić information content (AvgIpc) is 3.14. The summed E-state index contributed by atoms with van der Waals surface area (Å²) < 4.78 is 25.8. The molecule has 1 amide bonds. The summed E-state index contributed by atoms with van der Waals surface area (Å²) in [5.74, 6) is 0.867. The standard InChI is InChI=1S/C16H30N2O3S/c1-2-13-22(20,21)18-12-6-10-15(18)16(19)17-11-5-9-14-7-3-4-8-14/h14-15H,2-13H2,1H3,(H,17,19). The van der Waals surface area contributed by atoms with Gasteiger partial charge in [-0.3, -0.25) is 4.79 Å². The highest BCUT2D eigenvalue weighted by Gasteiger charge is 2.37. The lowest BCUT2D eigenvalue weighted by atomic mass is 10.0. The molecule has 1 aliphatic carbocycles. The number of hydrogen-bond donors (Lipinski definition) is 1. The molecule has 0 radical (unpaired) electrons. The molecular weight excluding hydrogens is 300 g/mol. The van der Waals surface area contributed by atoms with Gasteiger partial charge in [0.25, 0.3) is 0 Å². The Morgan fingerprint density at radius 2 is 1.91 bits per heavy atom. The van der Waals surface area contributed by atoms with Gasteiger partial charge in [0, 0.05) is 13.1 Å². The number of carbonyl (C=O) groups is 1. The van der Waals surface area contributed by atoms with Crippen LogP contribution in [0.25, 0.3) is 0 Å². The fourth-order valence-electron chi connectivity index (χ4n) is 3.73. The fraction of sp³-hybridized carbons (Fsp3) is 0.938. The molecular formula is C16H30N2O3S. The first-order valence-corrected chi connectivity index (χ1v) is 10.4. The Morgan fingerprint density at radius 3 is 2.59 bits per heavy atom. The largest absolute Gasteiger partial charge is 0.355 e. The van der Waals surface area contributed by atoms with Crippen molar-refractivity contribution in [2.24, 2.45) is 5.92 Å². The number of sulfonamides is 1. The third kappa shape index (κ3) is 4.69. The molecule has 5 nitrogen and oxygen atoms in total. The third-order valence-corrected chi connectivity index (χ3v) is 6.96. The van der Waals surface area contributed by atoms with Gasteiger partial charge in [0.15, 0.2) is 0 Å². The smallest absolute Gasteiger partial charge is 0.238 e. The number of amides is 1. The van der Waals surface area contributed by atoms with E-state index in [-0.39, 0.29) is 11.7 Å². The highest BCUT2D eigenvalue weighted by molar-refractivity contribution is 7.89. The zero-order valence-electron chi connectivity index (χ0n) is 13.7. The topological polar surface area (TPSA) is 66.5 Å². The molecule has 1 aliphatic heterocycles. The molecule has 1 unspecified atom stereocenters. The van der Waals surface area contributed by atoms with E-state index in [1.807, 2.05) is 6.92 Å². The number of nitrogens with zero attached hydrogens (tertiary/aromatic N) is 1. The second kappa shape index (κ2) is 8.29. The van der Waals surface area contributed by atoms with Crippen LogP contribution in [-0.4, -0.2) is 43.5 Å². The summed E-state index contributed by atoms with van der Waals surface area (Å²) in [6, 6.07) is -0.483. The molecule has 2 aliphatic rings. The maximum Gasteiger partial charge on any atom is 0.238 e. The fourth-order valence-corrected chi connectivity index (χ4v) is 5.48. The minimum Gasteiger partial charge on any atom is -0.355 e. The lowest BCUT2D eigenvalue weighted by molar-refractivity contribution is -0.124. The van der Waals surface area contributed by atoms with Crippen LogP contribution in [0.2, 0.25) is 0 Å². The van der Waals surface area contributed by atoms with Gasteiger partial charge in [0.1, 0.15) is 6.04 Å². The van der Waals surface area contributed by atoms with Crippen molar-refractivity contribution in [1.29, 1.82) is 0 Å². The highest BCUT2D eigenvalue weighted by atomic mass is 32.2. The summed E-state index contributed by atoms with van der Waals surface area (Å²) in [7, 11) is -3.28. The van der Waals surface area contributed by atoms with Gasteiger partial charge in [-0.1, -0.05) is 32.6 Å². The van der Waals surface area contributed by atoms with Crippen molar-refractivity contribution in [2.75, 3.05) is 18.8 Å². The molecule has 0 spiro atoms. The zero-order chi connectivity index (χ0) is 16.0. The van der Waals surface area contributed by atoms with E-state index >= 15 is 0 Å².